The second-order valence-electron chi connectivity index (χ2n) is 9.55. The van der Waals surface area contributed by atoms with E-state index in [9.17, 15) is 15.0 Å². The molecule has 2 aliphatic rings. The normalized spacial score (nSPS) is 24.4. The molecule has 2 aromatic carbocycles. The Labute approximate surface area is 194 Å². The van der Waals surface area contributed by atoms with E-state index in [1.165, 1.54) is 5.56 Å². The molecule has 3 unspecified atom stereocenters. The first-order valence-corrected chi connectivity index (χ1v) is 11.7. The lowest BCUT2D eigenvalue weighted by molar-refractivity contribution is -0.155. The van der Waals surface area contributed by atoms with Gasteiger partial charge in [-0.15, -0.1) is 0 Å². The molecule has 5 heteroatoms. The maximum Gasteiger partial charge on any atom is 0.345 e. The van der Waals surface area contributed by atoms with E-state index in [-0.39, 0.29) is 5.92 Å². The molecule has 3 atom stereocenters. The summed E-state index contributed by atoms with van der Waals surface area (Å²) in [5.41, 5.74) is 1.52. The number of nitrogens with zero attached hydrogens (tertiary/aromatic N) is 2. The summed E-state index contributed by atoms with van der Waals surface area (Å²) in [7, 11) is 0. The van der Waals surface area contributed by atoms with Gasteiger partial charge in [-0.05, 0) is 60.3 Å². The second-order valence-corrected chi connectivity index (χ2v) is 9.55. The summed E-state index contributed by atoms with van der Waals surface area (Å²) in [6, 6.07) is 21.2. The number of carboxylic acid groups (broad SMARTS) is 1. The van der Waals surface area contributed by atoms with Gasteiger partial charge in [0.25, 0.3) is 0 Å². The number of hydrogen-bond donors (Lipinski definition) is 2. The number of aromatic nitrogens is 1. The van der Waals surface area contributed by atoms with Crippen LogP contribution in [0.2, 0.25) is 0 Å². The standard InChI is InChI=1S/C28H30N2O3/c1-19-26(28(33,27(31)32)23-10-6-3-7-11-23)24(14-15-29-19)25-21-12-13-22(25)18-30(17-21)16-20-8-4-2-5-9-20/h2-11,14-15,21-22,25,33H,12-13,16-18H2,1H3,(H,31,32). The number of piperidine rings is 1. The van der Waals surface area contributed by atoms with Crippen LogP contribution in [-0.2, 0) is 16.9 Å². The zero-order valence-corrected chi connectivity index (χ0v) is 18.9. The Bertz CT molecular complexity index is 1120. The van der Waals surface area contributed by atoms with Crippen LogP contribution >= 0.6 is 0 Å². The smallest absolute Gasteiger partial charge is 0.345 e. The number of likely N-dealkylation sites (tertiary alicyclic amines) is 1. The van der Waals surface area contributed by atoms with Crippen LogP contribution in [0.15, 0.2) is 72.9 Å². The van der Waals surface area contributed by atoms with Crippen molar-refractivity contribution in [3.8, 4) is 0 Å². The number of rotatable bonds is 6. The van der Waals surface area contributed by atoms with E-state index in [1.807, 2.05) is 25.1 Å². The van der Waals surface area contributed by atoms with Crippen molar-refractivity contribution in [1.29, 1.82) is 0 Å². The summed E-state index contributed by atoms with van der Waals surface area (Å²) in [4.78, 5) is 19.5. The molecule has 1 aliphatic heterocycles. The van der Waals surface area contributed by atoms with Gasteiger partial charge in [0.1, 0.15) is 0 Å². The zero-order valence-electron chi connectivity index (χ0n) is 18.9. The number of pyridine rings is 1. The van der Waals surface area contributed by atoms with Crippen LogP contribution in [0.3, 0.4) is 0 Å². The summed E-state index contributed by atoms with van der Waals surface area (Å²) in [6.45, 7) is 4.70. The first-order valence-electron chi connectivity index (χ1n) is 11.7. The number of aliphatic carboxylic acids is 1. The van der Waals surface area contributed by atoms with E-state index < -0.39 is 11.6 Å². The van der Waals surface area contributed by atoms with Crippen molar-refractivity contribution >= 4 is 5.97 Å². The van der Waals surface area contributed by atoms with Crippen LogP contribution in [-0.4, -0.2) is 39.2 Å². The van der Waals surface area contributed by atoms with Gasteiger partial charge in [0.2, 0.25) is 5.60 Å². The van der Waals surface area contributed by atoms with Gasteiger partial charge in [0.05, 0.1) is 0 Å². The first kappa shape index (κ1) is 21.8. The molecule has 0 amide bonds. The Morgan fingerprint density at radius 1 is 1.00 bits per heavy atom. The third kappa shape index (κ3) is 3.85. The molecule has 2 N–H and O–H groups in total. The lowest BCUT2D eigenvalue weighted by atomic mass is 9.73. The van der Waals surface area contributed by atoms with Crippen LogP contribution in [0.4, 0.5) is 0 Å². The maximum absolute atomic E-state index is 12.6. The molecule has 170 valence electrons. The van der Waals surface area contributed by atoms with Gasteiger partial charge in [-0.1, -0.05) is 60.7 Å². The number of aryl methyl sites for hydroxylation is 1. The van der Waals surface area contributed by atoms with Gasteiger partial charge in [-0.2, -0.15) is 0 Å². The predicted octanol–water partition coefficient (Wildman–Crippen LogP) is 4.34. The van der Waals surface area contributed by atoms with Crippen LogP contribution in [0, 0.1) is 18.8 Å². The predicted molar refractivity (Wildman–Crippen MR) is 127 cm³/mol. The Kier molecular flexibility index (Phi) is 5.77. The Morgan fingerprint density at radius 2 is 1.61 bits per heavy atom. The number of fused-ring (bicyclic) bond motifs is 2. The van der Waals surface area contributed by atoms with Gasteiger partial charge in [0, 0.05) is 37.1 Å². The molecule has 0 spiro atoms. The van der Waals surface area contributed by atoms with E-state index in [1.54, 1.807) is 30.5 Å². The fourth-order valence-corrected chi connectivity index (χ4v) is 6.19. The van der Waals surface area contributed by atoms with E-state index in [0.717, 1.165) is 38.0 Å². The monoisotopic (exact) mass is 442 g/mol. The topological polar surface area (TPSA) is 73.7 Å². The molecule has 0 radical (unpaired) electrons. The van der Waals surface area contributed by atoms with Crippen LogP contribution in [0.1, 0.15) is 46.7 Å². The molecule has 33 heavy (non-hydrogen) atoms. The zero-order chi connectivity index (χ0) is 23.0. The minimum atomic E-state index is -2.13. The van der Waals surface area contributed by atoms with Crippen LogP contribution in [0.5, 0.6) is 0 Å². The largest absolute Gasteiger partial charge is 0.479 e. The van der Waals surface area contributed by atoms with Gasteiger partial charge in [-0.3, -0.25) is 9.88 Å². The highest BCUT2D eigenvalue weighted by molar-refractivity contribution is 5.84. The molecule has 2 bridgehead atoms. The molecule has 1 saturated carbocycles. The summed E-state index contributed by atoms with van der Waals surface area (Å²) in [5.74, 6) is -0.174. The van der Waals surface area contributed by atoms with Crippen molar-refractivity contribution in [2.24, 2.45) is 11.8 Å². The Balaban J connectivity index is 1.52. The average molecular weight is 443 g/mol. The number of benzene rings is 2. The summed E-state index contributed by atoms with van der Waals surface area (Å²) < 4.78 is 0. The molecule has 1 aromatic heterocycles. The number of aliphatic hydroxyl groups is 1. The van der Waals surface area contributed by atoms with E-state index in [4.69, 9.17) is 0 Å². The van der Waals surface area contributed by atoms with Crippen LogP contribution < -0.4 is 0 Å². The minimum Gasteiger partial charge on any atom is -0.479 e. The first-order chi connectivity index (χ1) is 16.0. The molecule has 1 saturated heterocycles. The highest BCUT2D eigenvalue weighted by atomic mass is 16.4. The lowest BCUT2D eigenvalue weighted by Crippen LogP contribution is -2.43. The molecule has 3 aromatic rings. The number of carboxylic acids is 1. The lowest BCUT2D eigenvalue weighted by Gasteiger charge is -2.40. The summed E-state index contributed by atoms with van der Waals surface area (Å²) >= 11 is 0. The third-order valence-electron chi connectivity index (χ3n) is 7.55. The van der Waals surface area contributed by atoms with Crippen molar-refractivity contribution < 1.29 is 15.0 Å². The third-order valence-corrected chi connectivity index (χ3v) is 7.55. The van der Waals surface area contributed by atoms with Crippen molar-refractivity contribution in [3.05, 3.63) is 101 Å². The second kappa shape index (κ2) is 8.73. The summed E-state index contributed by atoms with van der Waals surface area (Å²) in [6.07, 6.45) is 4.01. The Morgan fingerprint density at radius 3 is 2.21 bits per heavy atom. The molecular formula is C28H30N2O3. The number of carbonyl (C=O) groups is 1. The highest BCUT2D eigenvalue weighted by Crippen LogP contribution is 2.51. The fraction of sp³-hybridized carbons (Fsp3) is 0.357. The minimum absolute atomic E-state index is 0.225. The molecule has 2 heterocycles. The van der Waals surface area contributed by atoms with Crippen molar-refractivity contribution in [2.45, 2.75) is 37.8 Å². The van der Waals surface area contributed by atoms with Crippen LogP contribution in [0.25, 0.3) is 0 Å². The molecule has 5 nitrogen and oxygen atoms in total. The summed E-state index contributed by atoms with van der Waals surface area (Å²) in [5, 5.41) is 22.0. The quantitative estimate of drug-likeness (QED) is 0.594. The van der Waals surface area contributed by atoms with Gasteiger partial charge in [-0.25, -0.2) is 4.79 Å². The SMILES string of the molecule is Cc1nccc(C2C3CCC2CN(Cc2ccccc2)C3)c1C(O)(C(=O)O)c1ccccc1. The van der Waals surface area contributed by atoms with Gasteiger partial charge in [0.15, 0.2) is 0 Å². The van der Waals surface area contributed by atoms with Crippen molar-refractivity contribution in [1.82, 2.24) is 9.88 Å². The molecular weight excluding hydrogens is 412 g/mol. The van der Waals surface area contributed by atoms with Gasteiger partial charge < -0.3 is 10.2 Å². The fourth-order valence-electron chi connectivity index (χ4n) is 6.19. The Hall–Kier alpha value is -3.02. The van der Waals surface area contributed by atoms with E-state index >= 15 is 0 Å². The van der Waals surface area contributed by atoms with Crippen molar-refractivity contribution in [3.63, 3.8) is 0 Å². The average Bonchev–Trinajstić information content (AvgIpc) is 3.09. The van der Waals surface area contributed by atoms with E-state index in [2.05, 4.69) is 34.1 Å². The number of hydrogen-bond acceptors (Lipinski definition) is 4. The molecule has 5 rings (SSSR count). The molecule has 2 fully saturated rings. The highest BCUT2D eigenvalue weighted by Gasteiger charge is 2.49. The van der Waals surface area contributed by atoms with Crippen molar-refractivity contribution in [2.75, 3.05) is 13.1 Å². The maximum atomic E-state index is 12.6. The molecule has 1 aliphatic carbocycles. The van der Waals surface area contributed by atoms with Gasteiger partial charge >= 0.3 is 5.97 Å². The van der Waals surface area contributed by atoms with E-state index in [0.29, 0.717) is 28.7 Å².